The zero-order valence-corrected chi connectivity index (χ0v) is 6.70. The van der Waals surface area contributed by atoms with Gasteiger partial charge in [0.2, 0.25) is 0 Å². The third-order valence-electron chi connectivity index (χ3n) is 2.11. The summed E-state index contributed by atoms with van der Waals surface area (Å²) >= 11 is 0. The molecule has 0 bridgehead atoms. The lowest BCUT2D eigenvalue weighted by molar-refractivity contribution is 0.295. The second kappa shape index (κ2) is 2.30. The molecule has 0 spiro atoms. The molecular formula is C8H19N. The first kappa shape index (κ1) is 7.07. The zero-order chi connectivity index (χ0) is 6.91. The van der Waals surface area contributed by atoms with Gasteiger partial charge in [0.05, 0.1) is 0 Å². The Morgan fingerprint density at radius 2 is 2.11 bits per heavy atom. The van der Waals surface area contributed by atoms with Crippen LogP contribution in [0.3, 0.4) is 0 Å². The van der Waals surface area contributed by atoms with E-state index in [4.69, 9.17) is 0 Å². The van der Waals surface area contributed by atoms with Gasteiger partial charge in [0.1, 0.15) is 0 Å². The lowest BCUT2D eigenvalue weighted by Gasteiger charge is -2.26. The van der Waals surface area contributed by atoms with E-state index in [-0.39, 0.29) is 1.43 Å². The van der Waals surface area contributed by atoms with Crippen LogP contribution < -0.4 is 5.32 Å². The van der Waals surface area contributed by atoms with E-state index in [0.29, 0.717) is 5.41 Å². The van der Waals surface area contributed by atoms with E-state index < -0.39 is 0 Å². The Labute approximate surface area is 59.3 Å². The van der Waals surface area contributed by atoms with Crippen molar-refractivity contribution in [2.24, 2.45) is 5.41 Å². The fourth-order valence-corrected chi connectivity index (χ4v) is 1.42. The molecule has 1 aliphatic heterocycles. The van der Waals surface area contributed by atoms with Crippen molar-refractivity contribution in [2.75, 3.05) is 6.54 Å². The highest BCUT2D eigenvalue weighted by molar-refractivity contribution is 4.84. The van der Waals surface area contributed by atoms with E-state index in [2.05, 4.69) is 26.1 Å². The summed E-state index contributed by atoms with van der Waals surface area (Å²) in [5.74, 6) is 0. The number of hydrogen-bond acceptors (Lipinski definition) is 1. The van der Waals surface area contributed by atoms with Crippen molar-refractivity contribution < 1.29 is 1.43 Å². The monoisotopic (exact) mass is 129 g/mol. The summed E-state index contributed by atoms with van der Waals surface area (Å²) in [6, 6.07) is 0.762. The Bertz CT molecular complexity index is 89.9. The molecule has 0 aromatic carbocycles. The summed E-state index contributed by atoms with van der Waals surface area (Å²) in [7, 11) is 0. The third kappa shape index (κ3) is 1.68. The minimum atomic E-state index is 0. The van der Waals surface area contributed by atoms with Crippen molar-refractivity contribution in [3.05, 3.63) is 0 Å². The lowest BCUT2D eigenvalue weighted by Crippen LogP contribution is -2.34. The van der Waals surface area contributed by atoms with Gasteiger partial charge >= 0.3 is 0 Å². The van der Waals surface area contributed by atoms with Crippen LogP contribution >= 0.6 is 0 Å². The van der Waals surface area contributed by atoms with Crippen LogP contribution in [0.4, 0.5) is 0 Å². The largest absolute Gasteiger partial charge is 0.313 e. The molecule has 0 radical (unpaired) electrons. The van der Waals surface area contributed by atoms with E-state index in [1.54, 1.807) is 0 Å². The first-order chi connectivity index (χ1) is 4.11. The van der Waals surface area contributed by atoms with Gasteiger partial charge in [0.25, 0.3) is 0 Å². The molecule has 1 N–H and O–H groups in total. The molecule has 1 nitrogen and oxygen atoms in total. The maximum Gasteiger partial charge on any atom is 0.0116 e. The predicted molar refractivity (Wildman–Crippen MR) is 42.6 cm³/mol. The Hall–Kier alpha value is -0.0400. The highest BCUT2D eigenvalue weighted by Crippen LogP contribution is 2.25. The highest BCUT2D eigenvalue weighted by atomic mass is 14.9. The number of rotatable bonds is 0. The summed E-state index contributed by atoms with van der Waals surface area (Å²) in [6.45, 7) is 8.13. The first-order valence-electron chi connectivity index (χ1n) is 3.84. The predicted octanol–water partition coefficient (Wildman–Crippen LogP) is 2.03. The molecule has 1 aliphatic rings. The third-order valence-corrected chi connectivity index (χ3v) is 2.11. The normalized spacial score (nSPS) is 29.0. The van der Waals surface area contributed by atoms with Gasteiger partial charge < -0.3 is 5.32 Å². The van der Waals surface area contributed by atoms with Crippen molar-refractivity contribution in [3.8, 4) is 0 Å². The average Bonchev–Trinajstić information content (AvgIpc) is 2.08. The van der Waals surface area contributed by atoms with Gasteiger partial charge in [-0.05, 0) is 24.8 Å². The molecular weight excluding hydrogens is 110 g/mol. The zero-order valence-electron chi connectivity index (χ0n) is 6.70. The lowest BCUT2D eigenvalue weighted by atomic mass is 9.86. The van der Waals surface area contributed by atoms with Crippen LogP contribution in [-0.2, 0) is 0 Å². The summed E-state index contributed by atoms with van der Waals surface area (Å²) in [6.07, 6.45) is 2.73. The Kier molecular flexibility index (Phi) is 1.80. The smallest absolute Gasteiger partial charge is 0.0116 e. The molecule has 1 saturated heterocycles. The van der Waals surface area contributed by atoms with Gasteiger partial charge in [-0.1, -0.05) is 20.8 Å². The van der Waals surface area contributed by atoms with Crippen molar-refractivity contribution >= 4 is 0 Å². The second-order valence-corrected chi connectivity index (χ2v) is 4.01. The molecule has 1 heterocycles. The van der Waals surface area contributed by atoms with Crippen molar-refractivity contribution in [1.82, 2.24) is 5.32 Å². The molecule has 1 fully saturated rings. The van der Waals surface area contributed by atoms with Gasteiger partial charge in [-0.25, -0.2) is 0 Å². The Morgan fingerprint density at radius 1 is 1.44 bits per heavy atom. The Morgan fingerprint density at radius 3 is 2.33 bits per heavy atom. The summed E-state index contributed by atoms with van der Waals surface area (Å²) in [5.41, 5.74) is 0.469. The molecule has 0 saturated carbocycles. The molecule has 9 heavy (non-hydrogen) atoms. The minimum absolute atomic E-state index is 0. The molecule has 0 aromatic heterocycles. The average molecular weight is 129 g/mol. The van der Waals surface area contributed by atoms with Crippen LogP contribution in [0, 0.1) is 5.41 Å². The van der Waals surface area contributed by atoms with Crippen LogP contribution in [-0.4, -0.2) is 12.6 Å². The van der Waals surface area contributed by atoms with Crippen molar-refractivity contribution in [2.45, 2.75) is 39.7 Å². The number of nitrogens with one attached hydrogen (secondary N) is 1. The van der Waals surface area contributed by atoms with Crippen LogP contribution in [0.25, 0.3) is 0 Å². The van der Waals surface area contributed by atoms with Gasteiger partial charge in [0, 0.05) is 7.47 Å². The minimum Gasteiger partial charge on any atom is -0.313 e. The molecule has 0 amide bonds. The maximum atomic E-state index is 3.50. The molecule has 0 aromatic rings. The molecule has 1 rings (SSSR count). The van der Waals surface area contributed by atoms with Crippen LogP contribution in [0.5, 0.6) is 0 Å². The topological polar surface area (TPSA) is 12.0 Å². The van der Waals surface area contributed by atoms with Gasteiger partial charge in [0.15, 0.2) is 0 Å². The molecule has 0 aliphatic carbocycles. The fraction of sp³-hybridized carbons (Fsp3) is 1.00. The van der Waals surface area contributed by atoms with Crippen molar-refractivity contribution in [3.63, 3.8) is 0 Å². The first-order valence-corrected chi connectivity index (χ1v) is 3.84. The van der Waals surface area contributed by atoms with Crippen LogP contribution in [0.2, 0.25) is 0 Å². The maximum absolute atomic E-state index is 3.50. The second-order valence-electron chi connectivity index (χ2n) is 4.01. The summed E-state index contributed by atoms with van der Waals surface area (Å²) in [5, 5.41) is 3.50. The van der Waals surface area contributed by atoms with Crippen LogP contribution in [0.1, 0.15) is 35.0 Å². The van der Waals surface area contributed by atoms with Crippen LogP contribution in [0.15, 0.2) is 0 Å². The van der Waals surface area contributed by atoms with E-state index in [1.807, 2.05) is 0 Å². The molecule has 1 atom stereocenters. The van der Waals surface area contributed by atoms with Crippen molar-refractivity contribution in [1.29, 1.82) is 0 Å². The molecule has 56 valence electrons. The quantitative estimate of drug-likeness (QED) is 0.527. The summed E-state index contributed by atoms with van der Waals surface area (Å²) in [4.78, 5) is 0. The standard InChI is InChI=1S/C8H17N.H2/c1-8(2,3)7-5-4-6-9-7;/h7,9H,4-6H2,1-3H3;1H. The molecule has 1 heteroatoms. The fourth-order valence-electron chi connectivity index (χ4n) is 1.42. The van der Waals surface area contributed by atoms with Gasteiger partial charge in [-0.3, -0.25) is 0 Å². The number of hydrogen-bond donors (Lipinski definition) is 1. The van der Waals surface area contributed by atoms with E-state index >= 15 is 0 Å². The van der Waals surface area contributed by atoms with E-state index in [9.17, 15) is 0 Å². The van der Waals surface area contributed by atoms with E-state index in [0.717, 1.165) is 6.04 Å². The highest BCUT2D eigenvalue weighted by Gasteiger charge is 2.26. The van der Waals surface area contributed by atoms with Gasteiger partial charge in [-0.2, -0.15) is 0 Å². The SMILES string of the molecule is CC(C)(C)C1CCCN1.[HH]. The molecule has 1 unspecified atom stereocenters. The van der Waals surface area contributed by atoms with Gasteiger partial charge in [-0.15, -0.1) is 0 Å². The van der Waals surface area contributed by atoms with E-state index in [1.165, 1.54) is 19.4 Å². The Balaban J connectivity index is 0.000000810. The summed E-state index contributed by atoms with van der Waals surface area (Å²) < 4.78 is 0.